The number of ether oxygens (including phenoxy) is 1. The van der Waals surface area contributed by atoms with Crippen molar-refractivity contribution in [3.8, 4) is 5.75 Å². The van der Waals surface area contributed by atoms with Crippen molar-refractivity contribution >= 4 is 0 Å². The van der Waals surface area contributed by atoms with Crippen LogP contribution in [-0.4, -0.2) is 6.61 Å². The van der Waals surface area contributed by atoms with Crippen LogP contribution in [0.4, 0.5) is 0 Å². The minimum Gasteiger partial charge on any atom is -0.494 e. The molecule has 107 valence electrons. The van der Waals surface area contributed by atoms with Crippen molar-refractivity contribution in [3.63, 3.8) is 0 Å². The molecule has 0 amide bonds. The largest absolute Gasteiger partial charge is 0.494 e. The van der Waals surface area contributed by atoms with E-state index in [4.69, 9.17) is 4.74 Å². The van der Waals surface area contributed by atoms with E-state index in [0.717, 1.165) is 25.2 Å². The highest BCUT2D eigenvalue weighted by Gasteiger charge is 1.98. The monoisotopic (exact) mass is 261 g/mol. The fraction of sp³-hybridized carbons (Fsp3) is 0.611. The maximum atomic E-state index is 5.81. The van der Waals surface area contributed by atoms with Gasteiger partial charge in [-0.05, 0) is 37.0 Å². The molecule has 0 saturated carbocycles. The summed E-state index contributed by atoms with van der Waals surface area (Å²) in [6.45, 7) is 6.97. The molecule has 1 aromatic carbocycles. The summed E-state index contributed by atoms with van der Waals surface area (Å²) >= 11 is 0. The lowest BCUT2D eigenvalue weighted by Crippen LogP contribution is -1.97. The highest BCUT2D eigenvalue weighted by molar-refractivity contribution is 5.28. The van der Waals surface area contributed by atoms with Gasteiger partial charge in [-0.2, -0.15) is 0 Å². The summed E-state index contributed by atoms with van der Waals surface area (Å²) < 4.78 is 5.81. The molecule has 1 rings (SSSR count). The van der Waals surface area contributed by atoms with Crippen LogP contribution in [0.3, 0.4) is 0 Å². The van der Waals surface area contributed by atoms with Gasteiger partial charge in [0.15, 0.2) is 0 Å². The van der Waals surface area contributed by atoms with Crippen molar-refractivity contribution in [3.05, 3.63) is 36.8 Å². The van der Waals surface area contributed by atoms with E-state index >= 15 is 0 Å². The Morgan fingerprint density at radius 1 is 1.00 bits per heavy atom. The Kier molecular flexibility index (Phi) is 9.22. The molecule has 0 fully saturated rings. The van der Waals surface area contributed by atoms with Gasteiger partial charge in [0.1, 0.15) is 5.75 Å². The summed E-state index contributed by atoms with van der Waals surface area (Å²) in [5.74, 6) is 1.03. The predicted molar refractivity (Wildman–Crippen MR) is 83.6 cm³/mol. The van der Waals surface area contributed by atoms with Crippen LogP contribution in [0.25, 0.3) is 0 Å². The Balaban J connectivity index is 2.23. The zero-order chi connectivity index (χ0) is 13.8. The molecule has 0 aliphatic heterocycles. The van der Waals surface area contributed by atoms with Crippen molar-refractivity contribution in [1.82, 2.24) is 0 Å². The highest BCUT2D eigenvalue weighted by Crippen LogP contribution is 2.16. The Bertz CT molecular complexity index is 319. The third-order valence-electron chi connectivity index (χ3n) is 3.38. The SMILES string of the molecule is [CH2]CCCCCc1cccc(OCCCCCC)c1. The first-order valence-corrected chi connectivity index (χ1v) is 7.87. The molecule has 0 heterocycles. The zero-order valence-electron chi connectivity index (χ0n) is 12.5. The van der Waals surface area contributed by atoms with Crippen molar-refractivity contribution in [2.75, 3.05) is 6.61 Å². The van der Waals surface area contributed by atoms with Crippen LogP contribution >= 0.6 is 0 Å². The van der Waals surface area contributed by atoms with Gasteiger partial charge in [0.05, 0.1) is 6.61 Å². The number of benzene rings is 1. The van der Waals surface area contributed by atoms with Crippen LogP contribution in [0.5, 0.6) is 5.75 Å². The standard InChI is InChI=1S/C18H29O/c1-3-5-7-9-12-17-13-11-14-18(16-17)19-15-10-8-6-4-2/h11,13-14,16H,1,3-10,12,15H2,2H3. The van der Waals surface area contributed by atoms with Crippen molar-refractivity contribution in [2.45, 2.75) is 64.7 Å². The smallest absolute Gasteiger partial charge is 0.119 e. The Morgan fingerprint density at radius 2 is 1.84 bits per heavy atom. The fourth-order valence-electron chi connectivity index (χ4n) is 2.19. The van der Waals surface area contributed by atoms with E-state index in [0.29, 0.717) is 0 Å². The highest BCUT2D eigenvalue weighted by atomic mass is 16.5. The molecule has 0 N–H and O–H groups in total. The van der Waals surface area contributed by atoms with Gasteiger partial charge in [-0.1, -0.05) is 64.5 Å². The number of aryl methyl sites for hydroxylation is 1. The van der Waals surface area contributed by atoms with Gasteiger partial charge >= 0.3 is 0 Å². The Hall–Kier alpha value is -0.980. The molecular weight excluding hydrogens is 232 g/mol. The number of unbranched alkanes of at least 4 members (excludes halogenated alkanes) is 6. The van der Waals surface area contributed by atoms with Gasteiger partial charge in [0, 0.05) is 0 Å². The van der Waals surface area contributed by atoms with Crippen LogP contribution in [0.2, 0.25) is 0 Å². The summed E-state index contributed by atoms with van der Waals surface area (Å²) in [6.07, 6.45) is 11.0. The normalized spacial score (nSPS) is 10.6. The third kappa shape index (κ3) is 7.92. The molecule has 1 radical (unpaired) electrons. The van der Waals surface area contributed by atoms with Gasteiger partial charge in [0.2, 0.25) is 0 Å². The third-order valence-corrected chi connectivity index (χ3v) is 3.38. The van der Waals surface area contributed by atoms with E-state index in [1.807, 2.05) is 0 Å². The second-order valence-corrected chi connectivity index (χ2v) is 5.22. The fourth-order valence-corrected chi connectivity index (χ4v) is 2.19. The van der Waals surface area contributed by atoms with E-state index in [-0.39, 0.29) is 0 Å². The van der Waals surface area contributed by atoms with Crippen molar-refractivity contribution < 1.29 is 4.74 Å². The topological polar surface area (TPSA) is 9.23 Å². The lowest BCUT2D eigenvalue weighted by Gasteiger charge is -2.08. The average molecular weight is 261 g/mol. The number of rotatable bonds is 11. The van der Waals surface area contributed by atoms with Gasteiger partial charge in [-0.15, -0.1) is 0 Å². The minimum absolute atomic E-state index is 0.852. The van der Waals surface area contributed by atoms with Crippen LogP contribution in [0, 0.1) is 6.92 Å². The van der Waals surface area contributed by atoms with Crippen LogP contribution < -0.4 is 4.74 Å². The lowest BCUT2D eigenvalue weighted by molar-refractivity contribution is 0.305. The molecule has 0 saturated heterocycles. The zero-order valence-corrected chi connectivity index (χ0v) is 12.5. The molecule has 0 aliphatic rings. The molecule has 0 aromatic heterocycles. The molecule has 1 aromatic rings. The lowest BCUT2D eigenvalue weighted by atomic mass is 10.1. The Morgan fingerprint density at radius 3 is 2.63 bits per heavy atom. The maximum absolute atomic E-state index is 5.81. The molecule has 0 aliphatic carbocycles. The Labute approximate surface area is 119 Å². The van der Waals surface area contributed by atoms with Gasteiger partial charge in [-0.25, -0.2) is 0 Å². The van der Waals surface area contributed by atoms with Gasteiger partial charge in [-0.3, -0.25) is 0 Å². The first-order valence-electron chi connectivity index (χ1n) is 7.87. The maximum Gasteiger partial charge on any atom is 0.119 e. The second kappa shape index (κ2) is 10.9. The van der Waals surface area contributed by atoms with Crippen molar-refractivity contribution in [2.24, 2.45) is 0 Å². The molecular formula is C18H29O. The van der Waals surface area contributed by atoms with Gasteiger partial charge < -0.3 is 4.74 Å². The molecule has 0 spiro atoms. The summed E-state index contributed by atoms with van der Waals surface area (Å²) in [7, 11) is 0. The van der Waals surface area contributed by atoms with Crippen LogP contribution in [-0.2, 0) is 6.42 Å². The number of hydrogen-bond acceptors (Lipinski definition) is 1. The summed E-state index contributed by atoms with van der Waals surface area (Å²) in [5.41, 5.74) is 1.40. The quantitative estimate of drug-likeness (QED) is 0.472. The molecule has 1 heteroatoms. The van der Waals surface area contributed by atoms with E-state index in [1.54, 1.807) is 0 Å². The predicted octanol–water partition coefficient (Wildman–Crippen LogP) is 5.58. The van der Waals surface area contributed by atoms with E-state index in [9.17, 15) is 0 Å². The van der Waals surface area contributed by atoms with Crippen LogP contribution in [0.15, 0.2) is 24.3 Å². The van der Waals surface area contributed by atoms with E-state index in [2.05, 4.69) is 38.1 Å². The average Bonchev–Trinajstić information content (AvgIpc) is 2.44. The first kappa shape index (κ1) is 16.1. The summed E-state index contributed by atoms with van der Waals surface area (Å²) in [4.78, 5) is 0. The number of hydrogen-bond donors (Lipinski definition) is 0. The van der Waals surface area contributed by atoms with Gasteiger partial charge in [0.25, 0.3) is 0 Å². The molecule has 19 heavy (non-hydrogen) atoms. The van der Waals surface area contributed by atoms with Crippen molar-refractivity contribution in [1.29, 1.82) is 0 Å². The van der Waals surface area contributed by atoms with E-state index in [1.165, 1.54) is 50.5 Å². The molecule has 0 atom stereocenters. The van der Waals surface area contributed by atoms with Crippen LogP contribution in [0.1, 0.15) is 63.9 Å². The summed E-state index contributed by atoms with van der Waals surface area (Å²) in [6, 6.07) is 8.58. The molecule has 1 nitrogen and oxygen atoms in total. The molecule has 0 bridgehead atoms. The minimum atomic E-state index is 0.852. The van der Waals surface area contributed by atoms with E-state index < -0.39 is 0 Å². The summed E-state index contributed by atoms with van der Waals surface area (Å²) in [5, 5.41) is 0. The second-order valence-electron chi connectivity index (χ2n) is 5.22. The molecule has 0 unspecified atom stereocenters. The first-order chi connectivity index (χ1) is 9.36.